The lowest BCUT2D eigenvalue weighted by atomic mass is 10.0. The number of halogens is 3. The van der Waals surface area contributed by atoms with Gasteiger partial charge in [-0.05, 0) is 36.4 Å². The van der Waals surface area contributed by atoms with Crippen LogP contribution in [0.15, 0.2) is 18.2 Å². The molecule has 6 heteroatoms. The lowest BCUT2D eigenvalue weighted by Crippen LogP contribution is -2.33. The van der Waals surface area contributed by atoms with Crippen LogP contribution in [0.1, 0.15) is 24.5 Å². The van der Waals surface area contributed by atoms with Gasteiger partial charge in [-0.15, -0.1) is 0 Å². The summed E-state index contributed by atoms with van der Waals surface area (Å²) in [5.41, 5.74) is 5.73. The highest BCUT2D eigenvalue weighted by molar-refractivity contribution is 7.98. The van der Waals surface area contributed by atoms with E-state index in [1.165, 1.54) is 6.07 Å². The molecule has 0 aromatic heterocycles. The van der Waals surface area contributed by atoms with Crippen LogP contribution >= 0.6 is 11.8 Å². The van der Waals surface area contributed by atoms with Gasteiger partial charge in [-0.3, -0.25) is 0 Å². The molecule has 114 valence electrons. The number of nitrogens with two attached hydrogens (primary N) is 1. The van der Waals surface area contributed by atoms with Crippen molar-refractivity contribution < 1.29 is 13.2 Å². The molecule has 1 aromatic rings. The monoisotopic (exact) mass is 306 g/mol. The fourth-order valence-electron chi connectivity index (χ4n) is 2.15. The summed E-state index contributed by atoms with van der Waals surface area (Å²) in [4.78, 5) is 2.02. The van der Waals surface area contributed by atoms with Crippen molar-refractivity contribution in [3.05, 3.63) is 29.3 Å². The zero-order valence-electron chi connectivity index (χ0n) is 12.0. The second-order valence-corrected chi connectivity index (χ2v) is 5.58. The van der Waals surface area contributed by atoms with E-state index in [0.29, 0.717) is 6.04 Å². The van der Waals surface area contributed by atoms with Gasteiger partial charge >= 0.3 is 6.18 Å². The second kappa shape index (κ2) is 7.22. The summed E-state index contributed by atoms with van der Waals surface area (Å²) >= 11 is 1.73. The molecule has 2 nitrogen and oxygen atoms in total. The molecule has 1 aromatic carbocycles. The average molecular weight is 306 g/mol. The van der Waals surface area contributed by atoms with Crippen molar-refractivity contribution in [1.82, 2.24) is 0 Å². The van der Waals surface area contributed by atoms with E-state index in [9.17, 15) is 13.2 Å². The molecule has 0 radical (unpaired) electrons. The van der Waals surface area contributed by atoms with Crippen LogP contribution in [0.5, 0.6) is 0 Å². The summed E-state index contributed by atoms with van der Waals surface area (Å²) < 4.78 is 38.5. The molecule has 0 aliphatic carbocycles. The third-order valence-corrected chi connectivity index (χ3v) is 4.12. The minimum absolute atomic E-state index is 0.115. The first kappa shape index (κ1) is 17.2. The van der Waals surface area contributed by atoms with Gasteiger partial charge in [0.2, 0.25) is 0 Å². The smallest absolute Gasteiger partial charge is 0.371 e. The highest BCUT2D eigenvalue weighted by atomic mass is 32.2. The first-order valence-electron chi connectivity index (χ1n) is 6.47. The lowest BCUT2D eigenvalue weighted by molar-refractivity contribution is -0.138. The van der Waals surface area contributed by atoms with Crippen molar-refractivity contribution in [1.29, 1.82) is 0 Å². The van der Waals surface area contributed by atoms with Crippen molar-refractivity contribution in [3.8, 4) is 0 Å². The van der Waals surface area contributed by atoms with Gasteiger partial charge in [0.25, 0.3) is 0 Å². The van der Waals surface area contributed by atoms with Gasteiger partial charge in [-0.2, -0.15) is 24.9 Å². The van der Waals surface area contributed by atoms with E-state index in [-0.39, 0.29) is 12.1 Å². The van der Waals surface area contributed by atoms with Gasteiger partial charge < -0.3 is 10.6 Å². The molecule has 0 heterocycles. The maximum Gasteiger partial charge on any atom is 0.416 e. The Morgan fingerprint density at radius 1 is 1.35 bits per heavy atom. The van der Waals surface area contributed by atoms with Crippen LogP contribution in [0, 0.1) is 0 Å². The SMILES string of the molecule is CCC(CSC)N(C)c1ccc(C(F)(F)F)c(CN)c1. The van der Waals surface area contributed by atoms with E-state index >= 15 is 0 Å². The Bertz CT molecular complexity index is 435. The topological polar surface area (TPSA) is 29.3 Å². The molecule has 20 heavy (non-hydrogen) atoms. The first-order valence-corrected chi connectivity index (χ1v) is 7.86. The summed E-state index contributed by atoms with van der Waals surface area (Å²) in [5.74, 6) is 0.936. The highest BCUT2D eigenvalue weighted by Crippen LogP contribution is 2.34. The van der Waals surface area contributed by atoms with E-state index in [4.69, 9.17) is 5.73 Å². The van der Waals surface area contributed by atoms with Crippen LogP contribution in [-0.4, -0.2) is 25.1 Å². The van der Waals surface area contributed by atoms with E-state index in [1.807, 2.05) is 18.2 Å². The second-order valence-electron chi connectivity index (χ2n) is 4.67. The Hall–Kier alpha value is -0.880. The molecule has 1 atom stereocenters. The molecule has 0 amide bonds. The molecular weight excluding hydrogens is 285 g/mol. The Morgan fingerprint density at radius 3 is 2.45 bits per heavy atom. The zero-order chi connectivity index (χ0) is 15.3. The minimum atomic E-state index is -4.35. The van der Waals surface area contributed by atoms with Crippen LogP contribution in [0.3, 0.4) is 0 Å². The summed E-state index contributed by atoms with van der Waals surface area (Å²) in [6.45, 7) is 1.96. The molecule has 2 N–H and O–H groups in total. The van der Waals surface area contributed by atoms with E-state index < -0.39 is 11.7 Å². The van der Waals surface area contributed by atoms with Crippen molar-refractivity contribution in [2.24, 2.45) is 5.73 Å². The number of alkyl halides is 3. The molecule has 0 aliphatic heterocycles. The molecular formula is C14H21F3N2S. The van der Waals surface area contributed by atoms with Crippen molar-refractivity contribution in [3.63, 3.8) is 0 Å². The lowest BCUT2D eigenvalue weighted by Gasteiger charge is -2.29. The number of rotatable bonds is 6. The van der Waals surface area contributed by atoms with E-state index in [1.54, 1.807) is 17.8 Å². The van der Waals surface area contributed by atoms with E-state index in [0.717, 1.165) is 23.9 Å². The summed E-state index contributed by atoms with van der Waals surface area (Å²) in [7, 11) is 1.91. The summed E-state index contributed by atoms with van der Waals surface area (Å²) in [6.07, 6.45) is -1.39. The molecule has 0 fully saturated rings. The van der Waals surface area contributed by atoms with Gasteiger partial charge in [0, 0.05) is 31.1 Å². The fraction of sp³-hybridized carbons (Fsp3) is 0.571. The summed E-state index contributed by atoms with van der Waals surface area (Å²) in [6, 6.07) is 4.49. The van der Waals surface area contributed by atoms with Crippen molar-refractivity contribution in [2.45, 2.75) is 32.1 Å². The molecule has 0 bridgehead atoms. The Balaban J connectivity index is 3.09. The largest absolute Gasteiger partial charge is 0.416 e. The van der Waals surface area contributed by atoms with Crippen LogP contribution in [0.25, 0.3) is 0 Å². The van der Waals surface area contributed by atoms with Crippen LogP contribution < -0.4 is 10.6 Å². The zero-order valence-corrected chi connectivity index (χ0v) is 12.8. The maximum atomic E-state index is 12.8. The molecule has 0 aliphatic rings. The van der Waals surface area contributed by atoms with Crippen LogP contribution in [0.4, 0.5) is 18.9 Å². The van der Waals surface area contributed by atoms with Gasteiger partial charge in [-0.1, -0.05) is 6.92 Å². The number of hydrogen-bond donors (Lipinski definition) is 1. The van der Waals surface area contributed by atoms with E-state index in [2.05, 4.69) is 6.92 Å². The molecule has 1 rings (SSSR count). The predicted molar refractivity (Wildman–Crippen MR) is 80.2 cm³/mol. The molecule has 1 unspecified atom stereocenters. The number of hydrogen-bond acceptors (Lipinski definition) is 3. The number of anilines is 1. The highest BCUT2D eigenvalue weighted by Gasteiger charge is 2.33. The first-order chi connectivity index (χ1) is 9.35. The quantitative estimate of drug-likeness (QED) is 0.868. The standard InChI is InChI=1S/C14H21F3N2S/c1-4-11(9-20-3)19(2)12-5-6-13(14(15,16)17)10(7-12)8-18/h5-7,11H,4,8-9,18H2,1-3H3. The third kappa shape index (κ3) is 4.06. The third-order valence-electron chi connectivity index (χ3n) is 3.40. The fourth-order valence-corrected chi connectivity index (χ4v) is 3.00. The van der Waals surface area contributed by atoms with Gasteiger partial charge in [-0.25, -0.2) is 0 Å². The number of thioether (sulfide) groups is 1. The average Bonchev–Trinajstić information content (AvgIpc) is 2.42. The van der Waals surface area contributed by atoms with Crippen LogP contribution in [0.2, 0.25) is 0 Å². The summed E-state index contributed by atoms with van der Waals surface area (Å²) in [5, 5.41) is 0. The van der Waals surface area contributed by atoms with Crippen molar-refractivity contribution >= 4 is 17.4 Å². The Morgan fingerprint density at radius 2 is 2.00 bits per heavy atom. The normalized spacial score (nSPS) is 13.3. The molecule has 0 saturated carbocycles. The van der Waals surface area contributed by atoms with Gasteiger partial charge in [0.15, 0.2) is 0 Å². The predicted octanol–water partition coefficient (Wildman–Crippen LogP) is 3.74. The molecule has 0 spiro atoms. The number of nitrogens with zero attached hydrogens (tertiary/aromatic N) is 1. The van der Waals surface area contributed by atoms with Crippen molar-refractivity contribution in [2.75, 3.05) is 24.0 Å². The maximum absolute atomic E-state index is 12.8. The van der Waals surface area contributed by atoms with Gasteiger partial charge in [0.1, 0.15) is 0 Å². The number of benzene rings is 1. The minimum Gasteiger partial charge on any atom is -0.371 e. The van der Waals surface area contributed by atoms with Gasteiger partial charge in [0.05, 0.1) is 5.56 Å². The Labute approximate surface area is 122 Å². The van der Waals surface area contributed by atoms with Crippen LogP contribution in [-0.2, 0) is 12.7 Å². The Kier molecular flexibility index (Phi) is 6.20. The molecule has 0 saturated heterocycles.